The number of aliphatic hydroxyl groups is 1. The summed E-state index contributed by atoms with van der Waals surface area (Å²) in [6.07, 6.45) is 4.14. The van der Waals surface area contributed by atoms with Crippen LogP contribution in [0.1, 0.15) is 31.4 Å². The van der Waals surface area contributed by atoms with E-state index in [9.17, 15) is 9.90 Å². The van der Waals surface area contributed by atoms with Gasteiger partial charge < -0.3 is 10.4 Å². The number of amides is 2. The van der Waals surface area contributed by atoms with Gasteiger partial charge in [-0.1, -0.05) is 12.8 Å². The van der Waals surface area contributed by atoms with E-state index in [4.69, 9.17) is 0 Å². The number of carbonyl (C=O) groups is 1. The lowest BCUT2D eigenvalue weighted by molar-refractivity contribution is 0.156. The Labute approximate surface area is 113 Å². The Hall–Kier alpha value is -1.56. The van der Waals surface area contributed by atoms with Crippen LogP contribution in [0.3, 0.4) is 0 Å². The van der Waals surface area contributed by atoms with E-state index in [0.29, 0.717) is 5.82 Å². The first-order valence-electron chi connectivity index (χ1n) is 6.79. The van der Waals surface area contributed by atoms with Gasteiger partial charge in [-0.15, -0.1) is 0 Å². The van der Waals surface area contributed by atoms with Gasteiger partial charge in [-0.05, 0) is 19.8 Å². The Kier molecular flexibility index (Phi) is 4.42. The first-order valence-corrected chi connectivity index (χ1v) is 6.79. The molecule has 1 aliphatic rings. The molecule has 19 heavy (non-hydrogen) atoms. The highest BCUT2D eigenvalue weighted by Gasteiger charge is 2.25. The molecule has 0 saturated heterocycles. The van der Waals surface area contributed by atoms with Crippen LogP contribution in [0.2, 0.25) is 0 Å². The van der Waals surface area contributed by atoms with Crippen molar-refractivity contribution < 1.29 is 9.90 Å². The van der Waals surface area contributed by atoms with Crippen LogP contribution in [-0.2, 0) is 7.05 Å². The number of aryl methyl sites for hydroxylation is 2. The molecule has 0 aliphatic heterocycles. The molecule has 0 spiro atoms. The van der Waals surface area contributed by atoms with E-state index in [1.54, 1.807) is 4.68 Å². The molecule has 6 heteroatoms. The summed E-state index contributed by atoms with van der Waals surface area (Å²) >= 11 is 0. The van der Waals surface area contributed by atoms with Gasteiger partial charge >= 0.3 is 6.03 Å². The predicted octanol–water partition coefficient (Wildman–Crippen LogP) is 1.40. The van der Waals surface area contributed by atoms with Gasteiger partial charge in [0.2, 0.25) is 0 Å². The average molecular weight is 266 g/mol. The molecule has 2 atom stereocenters. The molecule has 6 nitrogen and oxygen atoms in total. The number of nitrogens with zero attached hydrogens (tertiary/aromatic N) is 2. The van der Waals surface area contributed by atoms with Crippen molar-refractivity contribution in [3.8, 4) is 0 Å². The van der Waals surface area contributed by atoms with Gasteiger partial charge in [-0.2, -0.15) is 5.10 Å². The number of hydrogen-bond donors (Lipinski definition) is 3. The Morgan fingerprint density at radius 2 is 2.26 bits per heavy atom. The number of aliphatic hydroxyl groups excluding tert-OH is 1. The average Bonchev–Trinajstić information content (AvgIpc) is 2.68. The molecule has 106 valence electrons. The Bertz CT molecular complexity index is 424. The number of urea groups is 1. The molecule has 1 saturated carbocycles. The topological polar surface area (TPSA) is 79.2 Å². The minimum atomic E-state index is -0.247. The molecule has 2 rings (SSSR count). The van der Waals surface area contributed by atoms with Gasteiger partial charge in [-0.25, -0.2) is 4.79 Å². The van der Waals surface area contributed by atoms with Crippen LogP contribution in [0.15, 0.2) is 6.07 Å². The predicted molar refractivity (Wildman–Crippen MR) is 72.9 cm³/mol. The highest BCUT2D eigenvalue weighted by atomic mass is 16.3. The second-order valence-electron chi connectivity index (χ2n) is 5.23. The maximum absolute atomic E-state index is 11.9. The second kappa shape index (κ2) is 6.06. The van der Waals surface area contributed by atoms with Crippen LogP contribution in [0.25, 0.3) is 0 Å². The zero-order chi connectivity index (χ0) is 13.8. The zero-order valence-electron chi connectivity index (χ0n) is 11.5. The van der Waals surface area contributed by atoms with Crippen molar-refractivity contribution in [2.24, 2.45) is 13.0 Å². The molecule has 0 radical (unpaired) electrons. The molecular formula is C13H22N4O2. The molecule has 0 bridgehead atoms. The molecule has 1 heterocycles. The first kappa shape index (κ1) is 13.9. The summed E-state index contributed by atoms with van der Waals surface area (Å²) in [5.74, 6) is 0.721. The molecule has 1 aromatic heterocycles. The first-order chi connectivity index (χ1) is 9.10. The lowest BCUT2D eigenvalue weighted by Gasteiger charge is -2.30. The lowest BCUT2D eigenvalue weighted by Crippen LogP contribution is -2.45. The van der Waals surface area contributed by atoms with Crippen molar-refractivity contribution >= 4 is 11.8 Å². The van der Waals surface area contributed by atoms with Crippen molar-refractivity contribution in [3.05, 3.63) is 11.8 Å². The maximum atomic E-state index is 11.9. The molecule has 1 aromatic rings. The van der Waals surface area contributed by atoms with Gasteiger partial charge in [0.25, 0.3) is 0 Å². The Morgan fingerprint density at radius 1 is 1.53 bits per heavy atom. The van der Waals surface area contributed by atoms with Crippen molar-refractivity contribution in [3.63, 3.8) is 0 Å². The smallest absolute Gasteiger partial charge is 0.320 e. The van der Waals surface area contributed by atoms with Crippen molar-refractivity contribution in [2.75, 3.05) is 11.9 Å². The van der Waals surface area contributed by atoms with Crippen molar-refractivity contribution in [2.45, 2.75) is 38.6 Å². The summed E-state index contributed by atoms with van der Waals surface area (Å²) in [6.45, 7) is 2.06. The molecule has 1 aliphatic carbocycles. The van der Waals surface area contributed by atoms with Crippen molar-refractivity contribution in [1.29, 1.82) is 0 Å². The summed E-state index contributed by atoms with van der Waals surface area (Å²) < 4.78 is 1.72. The summed E-state index contributed by atoms with van der Waals surface area (Å²) in [4.78, 5) is 11.9. The van der Waals surface area contributed by atoms with Crippen LogP contribution in [0, 0.1) is 12.8 Å². The van der Waals surface area contributed by atoms with Crippen LogP contribution in [0.5, 0.6) is 0 Å². The quantitative estimate of drug-likeness (QED) is 0.773. The molecule has 3 N–H and O–H groups in total. The summed E-state index contributed by atoms with van der Waals surface area (Å²) in [7, 11) is 1.83. The summed E-state index contributed by atoms with van der Waals surface area (Å²) in [6, 6.07) is 1.64. The molecule has 2 unspecified atom stereocenters. The number of hydrogen-bond acceptors (Lipinski definition) is 3. The van der Waals surface area contributed by atoms with Gasteiger partial charge in [0.1, 0.15) is 0 Å². The lowest BCUT2D eigenvalue weighted by atomic mass is 9.85. The maximum Gasteiger partial charge on any atom is 0.320 e. The van der Waals surface area contributed by atoms with Crippen LogP contribution in [-0.4, -0.2) is 33.6 Å². The van der Waals surface area contributed by atoms with E-state index in [1.165, 1.54) is 0 Å². The molecule has 1 fully saturated rings. The van der Waals surface area contributed by atoms with Gasteiger partial charge in [0.05, 0.1) is 0 Å². The fourth-order valence-electron chi connectivity index (χ4n) is 2.56. The molecular weight excluding hydrogens is 244 g/mol. The minimum Gasteiger partial charge on any atom is -0.396 e. The van der Waals surface area contributed by atoms with E-state index in [0.717, 1.165) is 31.4 Å². The third kappa shape index (κ3) is 3.47. The van der Waals surface area contributed by atoms with Crippen LogP contribution < -0.4 is 10.6 Å². The SMILES string of the molecule is Cc1cc(NC(=O)NC2CCCCC2CO)nn1C. The van der Waals surface area contributed by atoms with Crippen LogP contribution in [0.4, 0.5) is 10.6 Å². The number of rotatable bonds is 3. The van der Waals surface area contributed by atoms with E-state index in [1.807, 2.05) is 20.0 Å². The van der Waals surface area contributed by atoms with Crippen LogP contribution >= 0.6 is 0 Å². The number of aromatic nitrogens is 2. The van der Waals surface area contributed by atoms with Gasteiger partial charge in [0, 0.05) is 37.4 Å². The number of nitrogens with one attached hydrogen (secondary N) is 2. The summed E-state index contributed by atoms with van der Waals surface area (Å²) in [5.41, 5.74) is 0.987. The third-order valence-electron chi connectivity index (χ3n) is 3.82. The van der Waals surface area contributed by atoms with Crippen molar-refractivity contribution in [1.82, 2.24) is 15.1 Å². The zero-order valence-corrected chi connectivity index (χ0v) is 11.5. The van der Waals surface area contributed by atoms with Gasteiger partial charge in [-0.3, -0.25) is 10.00 Å². The van der Waals surface area contributed by atoms with E-state index in [2.05, 4.69) is 15.7 Å². The largest absolute Gasteiger partial charge is 0.396 e. The Balaban J connectivity index is 1.89. The molecule has 2 amide bonds. The number of carbonyl (C=O) groups excluding carboxylic acids is 1. The normalized spacial score (nSPS) is 23.1. The minimum absolute atomic E-state index is 0.0589. The Morgan fingerprint density at radius 3 is 2.89 bits per heavy atom. The highest BCUT2D eigenvalue weighted by Crippen LogP contribution is 2.24. The molecule has 0 aromatic carbocycles. The van der Waals surface area contributed by atoms with E-state index < -0.39 is 0 Å². The third-order valence-corrected chi connectivity index (χ3v) is 3.82. The number of anilines is 1. The summed E-state index contributed by atoms with van der Waals surface area (Å²) in [5, 5.41) is 19.2. The fraction of sp³-hybridized carbons (Fsp3) is 0.692. The second-order valence-corrected chi connectivity index (χ2v) is 5.23. The fourth-order valence-corrected chi connectivity index (χ4v) is 2.56. The standard InChI is InChI=1S/C13H22N4O2/c1-9-7-12(16-17(9)2)15-13(19)14-11-6-4-3-5-10(11)8-18/h7,10-11,18H,3-6,8H2,1-2H3,(H2,14,15,16,19). The highest BCUT2D eigenvalue weighted by molar-refractivity contribution is 5.88. The van der Waals surface area contributed by atoms with Gasteiger partial charge in [0.15, 0.2) is 5.82 Å². The van der Waals surface area contributed by atoms with E-state index in [-0.39, 0.29) is 24.6 Å². The van der Waals surface area contributed by atoms with E-state index >= 15 is 0 Å². The monoisotopic (exact) mass is 266 g/mol.